The Morgan fingerprint density at radius 1 is 1.16 bits per heavy atom. The van der Waals surface area contributed by atoms with Crippen molar-refractivity contribution >= 4 is 29.3 Å². The second-order valence-electron chi connectivity index (χ2n) is 5.25. The van der Waals surface area contributed by atoms with Crippen LogP contribution in [0, 0.1) is 0 Å². The van der Waals surface area contributed by atoms with Gasteiger partial charge in [0, 0.05) is 6.42 Å². The topological polar surface area (TPSA) is 17.1 Å². The molecule has 0 radical (unpaired) electrons. The Kier molecular flexibility index (Phi) is 8.97. The first-order valence-electron chi connectivity index (χ1n) is 7.69. The van der Waals surface area contributed by atoms with Gasteiger partial charge < -0.3 is 0 Å². The summed E-state index contributed by atoms with van der Waals surface area (Å²) in [4.78, 5) is 12.1. The number of unbranched alkanes of at least 4 members (excludes halogenated alkanes) is 3. The van der Waals surface area contributed by atoms with Crippen LogP contribution in [0.5, 0.6) is 0 Å². The summed E-state index contributed by atoms with van der Waals surface area (Å²) in [6.07, 6.45) is 13.0. The lowest BCUT2D eigenvalue weighted by molar-refractivity contribution is -0.114. The normalized spacial score (nSPS) is 18.8. The predicted octanol–water partition coefficient (Wildman–Crippen LogP) is 5.45. The molecule has 1 fully saturated rings. The number of ketones is 1. The fraction of sp³-hybridized carbons (Fsp3) is 0.812. The van der Waals surface area contributed by atoms with Gasteiger partial charge in [-0.3, -0.25) is 4.79 Å². The number of allylic oxidation sites excluding steroid dienone is 2. The molecule has 0 aromatic carbocycles. The lowest BCUT2D eigenvalue weighted by atomic mass is 10.1. The molecule has 0 aromatic rings. The number of carbonyl (C=O) groups excluding carboxylic acids is 1. The quantitative estimate of drug-likeness (QED) is 0.416. The van der Waals surface area contributed by atoms with E-state index in [0.29, 0.717) is 5.78 Å². The summed E-state index contributed by atoms with van der Waals surface area (Å²) in [5.41, 5.74) is 0. The van der Waals surface area contributed by atoms with E-state index in [1.54, 1.807) is 0 Å². The van der Waals surface area contributed by atoms with Crippen molar-refractivity contribution in [3.63, 3.8) is 0 Å². The maximum atomic E-state index is 12.1. The molecule has 0 N–H and O–H groups in total. The zero-order valence-corrected chi connectivity index (χ0v) is 14.1. The van der Waals surface area contributed by atoms with Crippen LogP contribution in [-0.4, -0.2) is 21.4 Å². The number of thioether (sulfide) groups is 2. The first kappa shape index (κ1) is 17.2. The third-order valence-electron chi connectivity index (χ3n) is 3.40. The zero-order chi connectivity index (χ0) is 14.0. The van der Waals surface area contributed by atoms with Gasteiger partial charge in [0.1, 0.15) is 0 Å². The molecule has 0 amide bonds. The van der Waals surface area contributed by atoms with E-state index in [9.17, 15) is 4.79 Å². The molecular weight excluding hydrogens is 272 g/mol. The average Bonchev–Trinajstić information content (AvgIpc) is 2.42. The van der Waals surface area contributed by atoms with Crippen molar-refractivity contribution in [1.29, 1.82) is 0 Å². The van der Waals surface area contributed by atoms with Crippen LogP contribution in [0.1, 0.15) is 65.2 Å². The summed E-state index contributed by atoms with van der Waals surface area (Å²) in [7, 11) is 0. The summed E-state index contributed by atoms with van der Waals surface area (Å²) in [5, 5.41) is 0. The van der Waals surface area contributed by atoms with Crippen LogP contribution in [0.25, 0.3) is 0 Å². The Morgan fingerprint density at radius 2 is 1.84 bits per heavy atom. The molecule has 1 nitrogen and oxygen atoms in total. The maximum absolute atomic E-state index is 12.1. The van der Waals surface area contributed by atoms with Crippen molar-refractivity contribution in [1.82, 2.24) is 0 Å². The van der Waals surface area contributed by atoms with Crippen LogP contribution < -0.4 is 0 Å². The van der Waals surface area contributed by atoms with Crippen LogP contribution in [0.2, 0.25) is 0 Å². The first-order valence-corrected chi connectivity index (χ1v) is 9.67. The molecule has 1 rings (SSSR count). The summed E-state index contributed by atoms with van der Waals surface area (Å²) in [6, 6.07) is 0. The zero-order valence-electron chi connectivity index (χ0n) is 12.5. The largest absolute Gasteiger partial charge is 0.295 e. The third-order valence-corrected chi connectivity index (χ3v) is 6.84. The highest BCUT2D eigenvalue weighted by Crippen LogP contribution is 2.48. The van der Waals surface area contributed by atoms with E-state index in [2.05, 4.69) is 19.9 Å². The highest BCUT2D eigenvalue weighted by atomic mass is 32.2. The van der Waals surface area contributed by atoms with Crippen LogP contribution in [-0.2, 0) is 4.79 Å². The minimum absolute atomic E-state index is 0.181. The third kappa shape index (κ3) is 6.89. The fourth-order valence-electron chi connectivity index (χ4n) is 2.26. The van der Waals surface area contributed by atoms with E-state index < -0.39 is 0 Å². The Balaban J connectivity index is 2.46. The summed E-state index contributed by atoms with van der Waals surface area (Å²) >= 11 is 4.06. The molecule has 110 valence electrons. The van der Waals surface area contributed by atoms with Gasteiger partial charge in [-0.2, -0.15) is 0 Å². The monoisotopic (exact) mass is 300 g/mol. The molecule has 3 heteroatoms. The van der Waals surface area contributed by atoms with E-state index in [-0.39, 0.29) is 4.08 Å². The van der Waals surface area contributed by atoms with Crippen LogP contribution in [0.15, 0.2) is 12.2 Å². The second-order valence-corrected chi connectivity index (χ2v) is 8.47. The van der Waals surface area contributed by atoms with Crippen LogP contribution in [0.4, 0.5) is 0 Å². The van der Waals surface area contributed by atoms with Gasteiger partial charge >= 0.3 is 0 Å². The number of hydrogen-bond acceptors (Lipinski definition) is 3. The lowest BCUT2D eigenvalue weighted by Crippen LogP contribution is -2.28. The van der Waals surface area contributed by atoms with E-state index in [1.807, 2.05) is 29.6 Å². The SMILES string of the molecule is CCCC/C=C/C(=O)CC1(CCCC)SCCCS1. The Labute approximate surface area is 127 Å². The van der Waals surface area contributed by atoms with Gasteiger partial charge in [0.25, 0.3) is 0 Å². The molecule has 1 aliphatic heterocycles. The van der Waals surface area contributed by atoms with Crippen LogP contribution in [0.3, 0.4) is 0 Å². The van der Waals surface area contributed by atoms with Crippen molar-refractivity contribution in [2.24, 2.45) is 0 Å². The Morgan fingerprint density at radius 3 is 2.47 bits per heavy atom. The van der Waals surface area contributed by atoms with Gasteiger partial charge in [-0.05, 0) is 36.8 Å². The fourth-order valence-corrected chi connectivity index (χ4v) is 5.66. The van der Waals surface area contributed by atoms with E-state index in [1.165, 1.54) is 50.0 Å². The molecule has 0 spiro atoms. The van der Waals surface area contributed by atoms with Crippen molar-refractivity contribution in [2.45, 2.75) is 69.3 Å². The highest BCUT2D eigenvalue weighted by Gasteiger charge is 2.34. The minimum atomic E-state index is 0.181. The molecule has 1 saturated heterocycles. The predicted molar refractivity (Wildman–Crippen MR) is 90.1 cm³/mol. The number of rotatable bonds is 9. The molecule has 0 aromatic heterocycles. The maximum Gasteiger partial charge on any atom is 0.157 e. The van der Waals surface area contributed by atoms with Gasteiger partial charge in [-0.15, -0.1) is 23.5 Å². The summed E-state index contributed by atoms with van der Waals surface area (Å²) in [6.45, 7) is 4.42. The molecule has 0 atom stereocenters. The molecule has 0 aliphatic carbocycles. The van der Waals surface area contributed by atoms with Crippen molar-refractivity contribution in [3.05, 3.63) is 12.2 Å². The van der Waals surface area contributed by atoms with E-state index in [4.69, 9.17) is 0 Å². The van der Waals surface area contributed by atoms with Gasteiger partial charge in [0.05, 0.1) is 4.08 Å². The minimum Gasteiger partial charge on any atom is -0.295 e. The Bertz CT molecular complexity index is 280. The summed E-state index contributed by atoms with van der Waals surface area (Å²) < 4.78 is 0.181. The molecular formula is C16H28OS2. The molecule has 0 saturated carbocycles. The standard InChI is InChI=1S/C16H28OS2/c1-3-5-7-8-10-15(17)14-16(11-6-4-2)18-12-9-13-19-16/h8,10H,3-7,9,11-14H2,1-2H3/b10-8+. The molecule has 0 bridgehead atoms. The van der Waals surface area contributed by atoms with E-state index >= 15 is 0 Å². The van der Waals surface area contributed by atoms with E-state index in [0.717, 1.165) is 12.8 Å². The first-order chi connectivity index (χ1) is 9.22. The molecule has 0 unspecified atom stereocenters. The molecule has 1 heterocycles. The number of hydrogen-bond donors (Lipinski definition) is 0. The van der Waals surface area contributed by atoms with Gasteiger partial charge in [0.15, 0.2) is 5.78 Å². The van der Waals surface area contributed by atoms with Gasteiger partial charge in [-0.1, -0.05) is 45.6 Å². The summed E-state index contributed by atoms with van der Waals surface area (Å²) in [5.74, 6) is 2.78. The number of carbonyl (C=O) groups is 1. The van der Waals surface area contributed by atoms with Crippen LogP contribution >= 0.6 is 23.5 Å². The van der Waals surface area contributed by atoms with Gasteiger partial charge in [0.2, 0.25) is 0 Å². The van der Waals surface area contributed by atoms with Gasteiger partial charge in [-0.25, -0.2) is 0 Å². The Hall–Kier alpha value is 0.110. The molecule has 1 aliphatic rings. The molecule has 19 heavy (non-hydrogen) atoms. The second kappa shape index (κ2) is 9.93. The van der Waals surface area contributed by atoms with Crippen molar-refractivity contribution < 1.29 is 4.79 Å². The highest BCUT2D eigenvalue weighted by molar-refractivity contribution is 8.18. The smallest absolute Gasteiger partial charge is 0.157 e. The lowest BCUT2D eigenvalue weighted by Gasteiger charge is -2.35. The average molecular weight is 301 g/mol. The van der Waals surface area contributed by atoms with Crippen molar-refractivity contribution in [3.8, 4) is 0 Å². The van der Waals surface area contributed by atoms with Crippen molar-refractivity contribution in [2.75, 3.05) is 11.5 Å².